The predicted molar refractivity (Wildman–Crippen MR) is 112 cm³/mol. The van der Waals surface area contributed by atoms with E-state index < -0.39 is 0 Å². The van der Waals surface area contributed by atoms with E-state index in [2.05, 4.69) is 10.2 Å². The smallest absolute Gasteiger partial charge is 0.330 e. The lowest BCUT2D eigenvalue weighted by molar-refractivity contribution is 0.0740. The minimum Gasteiger partial charge on any atom is -0.362 e. The molecule has 10 heteroatoms. The molecule has 1 aliphatic rings. The largest absolute Gasteiger partial charge is 0.362 e. The van der Waals surface area contributed by atoms with Crippen LogP contribution < -0.4 is 16.1 Å². The van der Waals surface area contributed by atoms with Gasteiger partial charge in [0.05, 0.1) is 10.6 Å². The molecule has 1 N–H and O–H groups in total. The van der Waals surface area contributed by atoms with Crippen molar-refractivity contribution in [2.45, 2.75) is 6.92 Å². The maximum atomic E-state index is 12.8. The third-order valence-corrected chi connectivity index (χ3v) is 6.30. The molecule has 1 amide bonds. The third-order valence-electron chi connectivity index (χ3n) is 5.39. The number of H-pyrrole nitrogens is 1. The van der Waals surface area contributed by atoms with E-state index >= 15 is 0 Å². The zero-order valence-corrected chi connectivity index (χ0v) is 17.3. The zero-order chi connectivity index (χ0) is 20.7. The quantitative estimate of drug-likeness (QED) is 0.684. The van der Waals surface area contributed by atoms with Crippen molar-refractivity contribution in [1.29, 1.82) is 0 Å². The second kappa shape index (κ2) is 7.36. The van der Waals surface area contributed by atoms with Crippen LogP contribution >= 0.6 is 11.3 Å². The van der Waals surface area contributed by atoms with Crippen molar-refractivity contribution >= 4 is 22.9 Å². The van der Waals surface area contributed by atoms with E-state index in [1.54, 1.807) is 36.3 Å². The second-order valence-electron chi connectivity index (χ2n) is 7.06. The molecule has 0 spiro atoms. The number of anilines is 1. The van der Waals surface area contributed by atoms with Gasteiger partial charge in [-0.3, -0.25) is 23.8 Å². The number of hydrogen-bond donors (Lipinski definition) is 1. The number of rotatable bonds is 3. The summed E-state index contributed by atoms with van der Waals surface area (Å²) >= 11 is 1.58. The van der Waals surface area contributed by atoms with Gasteiger partial charge in [0.2, 0.25) is 0 Å². The molecule has 9 nitrogen and oxygen atoms in total. The topological polar surface area (TPSA) is 96.2 Å². The number of carbonyl (C=O) groups is 1. The molecule has 0 aromatic carbocycles. The minimum absolute atomic E-state index is 0.131. The molecule has 4 rings (SSSR count). The van der Waals surface area contributed by atoms with Crippen LogP contribution in [0.2, 0.25) is 0 Å². The number of hydrogen-bond acceptors (Lipinski definition) is 6. The Hall–Kier alpha value is -3.14. The van der Waals surface area contributed by atoms with Gasteiger partial charge in [0.25, 0.3) is 11.5 Å². The standard InChI is InChI=1S/C19H22N6O3S/c1-12-16(18(27)23(3)19(28)22(12)2)24-6-8-25(9-7-24)17(26)14-11-13(20-21-14)15-5-4-10-29-15/h4-5,10-11H,6-9H2,1-3H3,(H,20,21). The van der Waals surface area contributed by atoms with Gasteiger partial charge in [0.1, 0.15) is 5.69 Å². The second-order valence-corrected chi connectivity index (χ2v) is 8.01. The fourth-order valence-corrected chi connectivity index (χ4v) is 4.27. The van der Waals surface area contributed by atoms with Gasteiger partial charge in [0.15, 0.2) is 5.69 Å². The van der Waals surface area contributed by atoms with E-state index in [1.165, 1.54) is 11.6 Å². The zero-order valence-electron chi connectivity index (χ0n) is 16.5. The van der Waals surface area contributed by atoms with Crippen LogP contribution in [-0.4, -0.2) is 56.3 Å². The van der Waals surface area contributed by atoms with Gasteiger partial charge in [0, 0.05) is 46.0 Å². The van der Waals surface area contributed by atoms with Gasteiger partial charge in [-0.2, -0.15) is 5.10 Å². The molecular formula is C19H22N6O3S. The lowest BCUT2D eigenvalue weighted by Gasteiger charge is -2.36. The molecule has 1 saturated heterocycles. The van der Waals surface area contributed by atoms with E-state index in [-0.39, 0.29) is 17.2 Å². The van der Waals surface area contributed by atoms with Crippen molar-refractivity contribution in [1.82, 2.24) is 24.2 Å². The van der Waals surface area contributed by atoms with Crippen LogP contribution in [0.15, 0.2) is 33.2 Å². The number of aromatic amines is 1. The molecule has 4 heterocycles. The molecule has 0 radical (unpaired) electrons. The number of amides is 1. The predicted octanol–water partition coefficient (Wildman–Crippen LogP) is 0.806. The summed E-state index contributed by atoms with van der Waals surface area (Å²) in [5.41, 5.74) is 1.71. The van der Waals surface area contributed by atoms with Gasteiger partial charge >= 0.3 is 5.69 Å². The van der Waals surface area contributed by atoms with Gasteiger partial charge < -0.3 is 9.80 Å². The van der Waals surface area contributed by atoms with Crippen molar-refractivity contribution in [2.24, 2.45) is 14.1 Å². The monoisotopic (exact) mass is 414 g/mol. The van der Waals surface area contributed by atoms with E-state index in [9.17, 15) is 14.4 Å². The Morgan fingerprint density at radius 3 is 2.52 bits per heavy atom. The molecular weight excluding hydrogens is 392 g/mol. The van der Waals surface area contributed by atoms with Crippen LogP contribution in [0, 0.1) is 6.92 Å². The molecule has 0 saturated carbocycles. The van der Waals surface area contributed by atoms with Crippen molar-refractivity contribution < 1.29 is 4.79 Å². The van der Waals surface area contributed by atoms with Gasteiger partial charge in [-0.25, -0.2) is 4.79 Å². The summed E-state index contributed by atoms with van der Waals surface area (Å²) in [6.07, 6.45) is 0. The molecule has 0 bridgehead atoms. The Kier molecular flexibility index (Phi) is 4.87. The highest BCUT2D eigenvalue weighted by atomic mass is 32.1. The minimum atomic E-state index is -0.342. The van der Waals surface area contributed by atoms with E-state index in [0.717, 1.165) is 15.1 Å². The summed E-state index contributed by atoms with van der Waals surface area (Å²) < 4.78 is 2.60. The van der Waals surface area contributed by atoms with Crippen molar-refractivity contribution in [3.8, 4) is 10.6 Å². The number of carbonyl (C=O) groups excluding carboxylic acids is 1. The highest BCUT2D eigenvalue weighted by Crippen LogP contribution is 2.23. The van der Waals surface area contributed by atoms with E-state index in [0.29, 0.717) is 43.3 Å². The first-order valence-corrected chi connectivity index (χ1v) is 10.2. The van der Waals surface area contributed by atoms with E-state index in [1.807, 2.05) is 22.4 Å². The van der Waals surface area contributed by atoms with Crippen LogP contribution in [-0.2, 0) is 14.1 Å². The average molecular weight is 414 g/mol. The van der Waals surface area contributed by atoms with Crippen LogP contribution in [0.4, 0.5) is 5.69 Å². The maximum Gasteiger partial charge on any atom is 0.330 e. The normalized spacial score (nSPS) is 14.4. The number of nitrogens with zero attached hydrogens (tertiary/aromatic N) is 5. The summed E-state index contributed by atoms with van der Waals surface area (Å²) in [5.74, 6) is -0.131. The highest BCUT2D eigenvalue weighted by molar-refractivity contribution is 7.13. The molecule has 29 heavy (non-hydrogen) atoms. The number of aromatic nitrogens is 4. The SMILES string of the molecule is Cc1c(N2CCN(C(=O)c3cc(-c4cccs4)[nH]n3)CC2)c(=O)n(C)c(=O)n1C. The number of nitrogens with one attached hydrogen (secondary N) is 1. The Labute approximate surface area is 170 Å². The lowest BCUT2D eigenvalue weighted by Crippen LogP contribution is -2.52. The van der Waals surface area contributed by atoms with Crippen molar-refractivity contribution in [3.63, 3.8) is 0 Å². The van der Waals surface area contributed by atoms with Gasteiger partial charge in [-0.1, -0.05) is 6.07 Å². The molecule has 0 unspecified atom stereocenters. The molecule has 3 aromatic heterocycles. The highest BCUT2D eigenvalue weighted by Gasteiger charge is 2.27. The Bertz CT molecular complexity index is 1170. The Morgan fingerprint density at radius 1 is 1.14 bits per heavy atom. The Morgan fingerprint density at radius 2 is 1.86 bits per heavy atom. The molecule has 1 aliphatic heterocycles. The van der Waals surface area contributed by atoms with Gasteiger partial charge in [-0.15, -0.1) is 11.3 Å². The average Bonchev–Trinajstić information content (AvgIpc) is 3.42. The third kappa shape index (κ3) is 3.29. The molecule has 0 aliphatic carbocycles. The molecule has 0 atom stereocenters. The first-order chi connectivity index (χ1) is 13.9. The molecule has 3 aromatic rings. The summed E-state index contributed by atoms with van der Waals surface area (Å²) in [6.45, 7) is 3.76. The maximum absolute atomic E-state index is 12.8. The summed E-state index contributed by atoms with van der Waals surface area (Å²) in [6, 6.07) is 5.70. The summed E-state index contributed by atoms with van der Waals surface area (Å²) in [5, 5.41) is 9.07. The lowest BCUT2D eigenvalue weighted by atomic mass is 10.2. The summed E-state index contributed by atoms with van der Waals surface area (Å²) in [4.78, 5) is 42.3. The number of thiophene rings is 1. The first kappa shape index (κ1) is 19.2. The van der Waals surface area contributed by atoms with Crippen LogP contribution in [0.5, 0.6) is 0 Å². The van der Waals surface area contributed by atoms with Gasteiger partial charge in [-0.05, 0) is 24.4 Å². The fourth-order valence-electron chi connectivity index (χ4n) is 3.58. The number of piperazine rings is 1. The first-order valence-electron chi connectivity index (χ1n) is 9.28. The van der Waals surface area contributed by atoms with Crippen LogP contribution in [0.1, 0.15) is 16.2 Å². The van der Waals surface area contributed by atoms with Crippen molar-refractivity contribution in [3.05, 3.63) is 55.8 Å². The van der Waals surface area contributed by atoms with Crippen LogP contribution in [0.25, 0.3) is 10.6 Å². The Balaban J connectivity index is 1.50. The van der Waals surface area contributed by atoms with E-state index in [4.69, 9.17) is 0 Å². The van der Waals surface area contributed by atoms with Crippen molar-refractivity contribution in [2.75, 3.05) is 31.1 Å². The molecule has 1 fully saturated rings. The summed E-state index contributed by atoms with van der Waals surface area (Å²) in [7, 11) is 3.14. The molecule has 152 valence electrons. The fraction of sp³-hybridized carbons (Fsp3) is 0.368. The van der Waals surface area contributed by atoms with Crippen LogP contribution in [0.3, 0.4) is 0 Å².